The van der Waals surface area contributed by atoms with Crippen molar-refractivity contribution in [3.05, 3.63) is 29.0 Å². The summed E-state index contributed by atoms with van der Waals surface area (Å²) in [7, 11) is 0. The van der Waals surface area contributed by atoms with Gasteiger partial charge < -0.3 is 10.1 Å². The molecule has 0 bridgehead atoms. The lowest BCUT2D eigenvalue weighted by molar-refractivity contribution is -0.142. The van der Waals surface area contributed by atoms with Crippen LogP contribution in [0.4, 0.5) is 17.6 Å². The first-order valence-corrected chi connectivity index (χ1v) is 5.53. The van der Waals surface area contributed by atoms with E-state index in [0.29, 0.717) is 0 Å². The molecule has 1 amide bonds. The number of ether oxygens (including phenoxy) is 1. The minimum absolute atomic E-state index is 0.0843. The van der Waals surface area contributed by atoms with E-state index in [2.05, 4.69) is 0 Å². The van der Waals surface area contributed by atoms with Crippen LogP contribution in [0.3, 0.4) is 0 Å². The predicted octanol–water partition coefficient (Wildman–Crippen LogP) is 2.92. The third-order valence-electron chi connectivity index (χ3n) is 2.04. The van der Waals surface area contributed by atoms with Crippen molar-refractivity contribution in [2.45, 2.75) is 19.2 Å². The number of halogens is 5. The van der Waals surface area contributed by atoms with E-state index in [4.69, 9.17) is 16.3 Å². The Balaban J connectivity index is 2.56. The van der Waals surface area contributed by atoms with Gasteiger partial charge in [-0.05, 0) is 19.1 Å². The van der Waals surface area contributed by atoms with Crippen LogP contribution in [-0.2, 0) is 4.79 Å². The summed E-state index contributed by atoms with van der Waals surface area (Å²) in [6.45, 7) is -0.174. The first-order valence-electron chi connectivity index (χ1n) is 5.15. The number of rotatable bonds is 4. The molecular formula is C11H10ClF4NO2. The summed E-state index contributed by atoms with van der Waals surface area (Å²) in [4.78, 5) is 11.3. The highest BCUT2D eigenvalue weighted by Crippen LogP contribution is 2.22. The van der Waals surface area contributed by atoms with Gasteiger partial charge in [-0.1, -0.05) is 11.6 Å². The van der Waals surface area contributed by atoms with E-state index >= 15 is 0 Å². The number of carbonyl (C=O) groups is 1. The molecule has 0 saturated heterocycles. The van der Waals surface area contributed by atoms with Crippen molar-refractivity contribution in [2.75, 3.05) is 6.54 Å². The van der Waals surface area contributed by atoms with Gasteiger partial charge in [0.2, 0.25) is 0 Å². The quantitative estimate of drug-likeness (QED) is 0.868. The molecule has 1 unspecified atom stereocenters. The van der Waals surface area contributed by atoms with Gasteiger partial charge in [0.1, 0.15) is 18.1 Å². The minimum atomic E-state index is -4.49. The Kier molecular flexibility index (Phi) is 4.99. The lowest BCUT2D eigenvalue weighted by atomic mass is 10.3. The molecule has 0 aliphatic carbocycles. The second-order valence-electron chi connectivity index (χ2n) is 3.67. The predicted molar refractivity (Wildman–Crippen MR) is 60.6 cm³/mol. The van der Waals surface area contributed by atoms with Crippen molar-refractivity contribution in [1.82, 2.24) is 5.32 Å². The zero-order valence-electron chi connectivity index (χ0n) is 9.72. The summed E-state index contributed by atoms with van der Waals surface area (Å²) in [5, 5.41) is 1.46. The summed E-state index contributed by atoms with van der Waals surface area (Å²) < 4.78 is 53.6. The molecule has 0 heterocycles. The number of hydrogen-bond donors (Lipinski definition) is 1. The van der Waals surface area contributed by atoms with Gasteiger partial charge in [-0.15, -0.1) is 0 Å². The summed E-state index contributed by atoms with van der Waals surface area (Å²) in [5.41, 5.74) is 0. The molecular weight excluding hydrogens is 290 g/mol. The van der Waals surface area contributed by atoms with Crippen LogP contribution in [0.5, 0.6) is 5.75 Å². The van der Waals surface area contributed by atoms with Gasteiger partial charge in [0.15, 0.2) is 6.10 Å². The van der Waals surface area contributed by atoms with Gasteiger partial charge >= 0.3 is 6.18 Å². The van der Waals surface area contributed by atoms with Crippen LogP contribution in [0, 0.1) is 5.82 Å². The molecule has 1 rings (SSSR count). The van der Waals surface area contributed by atoms with Crippen molar-refractivity contribution in [3.8, 4) is 5.75 Å². The maximum absolute atomic E-state index is 12.9. The van der Waals surface area contributed by atoms with Crippen molar-refractivity contribution in [2.24, 2.45) is 0 Å². The highest BCUT2D eigenvalue weighted by molar-refractivity contribution is 6.30. The Morgan fingerprint density at radius 1 is 1.47 bits per heavy atom. The minimum Gasteiger partial charge on any atom is -0.481 e. The van der Waals surface area contributed by atoms with Crippen LogP contribution in [0.25, 0.3) is 0 Å². The molecule has 0 radical (unpaired) electrons. The van der Waals surface area contributed by atoms with Crippen LogP contribution in [0.15, 0.2) is 18.2 Å². The topological polar surface area (TPSA) is 38.3 Å². The average Bonchev–Trinajstić information content (AvgIpc) is 2.29. The highest BCUT2D eigenvalue weighted by Gasteiger charge is 2.29. The number of amides is 1. The molecule has 0 saturated carbocycles. The molecule has 0 aliphatic rings. The molecule has 19 heavy (non-hydrogen) atoms. The van der Waals surface area contributed by atoms with Crippen LogP contribution in [0.1, 0.15) is 6.92 Å². The first-order chi connectivity index (χ1) is 8.69. The molecule has 0 fully saturated rings. The number of carbonyl (C=O) groups excluding carboxylic acids is 1. The molecule has 0 spiro atoms. The summed E-state index contributed by atoms with van der Waals surface area (Å²) >= 11 is 5.49. The first kappa shape index (κ1) is 15.6. The van der Waals surface area contributed by atoms with E-state index in [0.717, 1.165) is 12.1 Å². The van der Waals surface area contributed by atoms with E-state index in [1.165, 1.54) is 13.0 Å². The lowest BCUT2D eigenvalue weighted by Crippen LogP contribution is -2.41. The Morgan fingerprint density at radius 2 is 2.11 bits per heavy atom. The SMILES string of the molecule is CC(Oc1ccc(F)c(Cl)c1)C(=O)NCC(F)(F)F. The van der Waals surface area contributed by atoms with E-state index in [-0.39, 0.29) is 10.8 Å². The number of alkyl halides is 3. The third-order valence-corrected chi connectivity index (χ3v) is 2.33. The molecule has 0 aliphatic heterocycles. The van der Waals surface area contributed by atoms with Gasteiger partial charge in [-0.3, -0.25) is 4.79 Å². The van der Waals surface area contributed by atoms with Gasteiger partial charge in [0.05, 0.1) is 5.02 Å². The van der Waals surface area contributed by atoms with E-state index < -0.39 is 30.5 Å². The van der Waals surface area contributed by atoms with E-state index in [1.54, 1.807) is 5.32 Å². The Hall–Kier alpha value is -1.50. The molecule has 1 aromatic carbocycles. The largest absolute Gasteiger partial charge is 0.481 e. The number of benzene rings is 1. The average molecular weight is 300 g/mol. The third kappa shape index (κ3) is 5.34. The van der Waals surface area contributed by atoms with Crippen LogP contribution in [0.2, 0.25) is 5.02 Å². The maximum atomic E-state index is 12.9. The zero-order valence-corrected chi connectivity index (χ0v) is 10.5. The molecule has 0 aromatic heterocycles. The fraction of sp³-hybridized carbons (Fsp3) is 0.364. The number of nitrogens with one attached hydrogen (secondary N) is 1. The number of hydrogen-bond acceptors (Lipinski definition) is 2. The fourth-order valence-electron chi connectivity index (χ4n) is 1.14. The molecule has 1 atom stereocenters. The summed E-state index contributed by atoms with van der Waals surface area (Å²) in [6.07, 6.45) is -5.65. The van der Waals surface area contributed by atoms with Crippen LogP contribution < -0.4 is 10.1 Å². The Morgan fingerprint density at radius 3 is 2.63 bits per heavy atom. The monoisotopic (exact) mass is 299 g/mol. The lowest BCUT2D eigenvalue weighted by Gasteiger charge is -2.15. The fourth-order valence-corrected chi connectivity index (χ4v) is 1.31. The normalized spacial score (nSPS) is 12.9. The maximum Gasteiger partial charge on any atom is 0.405 e. The summed E-state index contributed by atoms with van der Waals surface area (Å²) in [6, 6.07) is 3.37. The van der Waals surface area contributed by atoms with Gasteiger partial charge in [-0.2, -0.15) is 13.2 Å². The second-order valence-corrected chi connectivity index (χ2v) is 4.08. The Labute approximate surface area is 111 Å². The highest BCUT2D eigenvalue weighted by atomic mass is 35.5. The molecule has 1 N–H and O–H groups in total. The van der Waals surface area contributed by atoms with E-state index in [1.807, 2.05) is 0 Å². The van der Waals surface area contributed by atoms with Gasteiger partial charge in [0, 0.05) is 6.07 Å². The smallest absolute Gasteiger partial charge is 0.405 e. The summed E-state index contributed by atoms with van der Waals surface area (Å²) in [5.74, 6) is -1.51. The van der Waals surface area contributed by atoms with E-state index in [9.17, 15) is 22.4 Å². The molecule has 1 aromatic rings. The Bertz CT molecular complexity index is 464. The second kappa shape index (κ2) is 6.10. The van der Waals surface area contributed by atoms with Crippen molar-refractivity contribution >= 4 is 17.5 Å². The van der Waals surface area contributed by atoms with Gasteiger partial charge in [-0.25, -0.2) is 4.39 Å². The molecule has 106 valence electrons. The van der Waals surface area contributed by atoms with Crippen LogP contribution in [-0.4, -0.2) is 24.7 Å². The van der Waals surface area contributed by atoms with Crippen molar-refractivity contribution in [3.63, 3.8) is 0 Å². The van der Waals surface area contributed by atoms with Crippen molar-refractivity contribution < 1.29 is 27.1 Å². The zero-order chi connectivity index (χ0) is 14.6. The van der Waals surface area contributed by atoms with Crippen LogP contribution >= 0.6 is 11.6 Å². The van der Waals surface area contributed by atoms with Crippen molar-refractivity contribution in [1.29, 1.82) is 0 Å². The molecule has 3 nitrogen and oxygen atoms in total. The standard InChI is InChI=1S/C11H10ClF4NO2/c1-6(10(18)17-5-11(14,15)16)19-7-2-3-9(13)8(12)4-7/h2-4,6H,5H2,1H3,(H,17,18). The van der Waals surface area contributed by atoms with Gasteiger partial charge in [0.25, 0.3) is 5.91 Å². The molecule has 8 heteroatoms.